The number of piperazine rings is 1. The van der Waals surface area contributed by atoms with Crippen LogP contribution in [0, 0.1) is 20.8 Å². The second-order valence-electron chi connectivity index (χ2n) is 7.12. The number of guanidine groups is 1. The van der Waals surface area contributed by atoms with E-state index in [0.717, 1.165) is 51.1 Å². The van der Waals surface area contributed by atoms with E-state index in [4.69, 9.17) is 0 Å². The van der Waals surface area contributed by atoms with E-state index in [1.165, 1.54) is 22.3 Å². The van der Waals surface area contributed by atoms with Gasteiger partial charge in [-0.25, -0.2) is 9.97 Å². The Kier molecular flexibility index (Phi) is 6.27. The average Bonchev–Trinajstić information content (AvgIpc) is 2.68. The lowest BCUT2D eigenvalue weighted by molar-refractivity contribution is 0.370. The molecular weight excluding hydrogens is 336 g/mol. The van der Waals surface area contributed by atoms with E-state index in [0.29, 0.717) is 0 Å². The molecule has 0 aliphatic carbocycles. The van der Waals surface area contributed by atoms with Crippen molar-refractivity contribution in [2.45, 2.75) is 27.2 Å². The second kappa shape index (κ2) is 8.84. The maximum absolute atomic E-state index is 4.48. The number of benzene rings is 1. The summed E-state index contributed by atoms with van der Waals surface area (Å²) in [7, 11) is 1.86. The van der Waals surface area contributed by atoms with Crippen molar-refractivity contribution in [1.29, 1.82) is 0 Å². The number of nitrogens with zero attached hydrogens (tertiary/aromatic N) is 5. The quantitative estimate of drug-likeness (QED) is 0.665. The van der Waals surface area contributed by atoms with E-state index in [9.17, 15) is 0 Å². The summed E-state index contributed by atoms with van der Waals surface area (Å²) in [4.78, 5) is 17.7. The van der Waals surface area contributed by atoms with Crippen molar-refractivity contribution in [1.82, 2.24) is 20.2 Å². The number of nitrogens with one attached hydrogen (secondary N) is 1. The van der Waals surface area contributed by atoms with E-state index in [2.05, 4.69) is 63.0 Å². The Morgan fingerprint density at radius 1 is 1.04 bits per heavy atom. The van der Waals surface area contributed by atoms with Crippen molar-refractivity contribution in [3.05, 3.63) is 52.8 Å². The van der Waals surface area contributed by atoms with Gasteiger partial charge in [0, 0.05) is 52.2 Å². The Labute approximate surface area is 162 Å². The van der Waals surface area contributed by atoms with Gasteiger partial charge in [-0.2, -0.15) is 0 Å². The van der Waals surface area contributed by atoms with E-state index in [1.54, 1.807) is 12.4 Å². The average molecular weight is 367 g/mol. The van der Waals surface area contributed by atoms with Gasteiger partial charge in [-0.05, 0) is 49.9 Å². The van der Waals surface area contributed by atoms with Crippen molar-refractivity contribution < 1.29 is 0 Å². The Morgan fingerprint density at radius 3 is 2.26 bits per heavy atom. The lowest BCUT2D eigenvalue weighted by Gasteiger charge is -2.36. The molecule has 0 radical (unpaired) electrons. The molecule has 0 unspecified atom stereocenters. The third-order valence-electron chi connectivity index (χ3n) is 5.12. The fourth-order valence-corrected chi connectivity index (χ4v) is 3.81. The highest BCUT2D eigenvalue weighted by molar-refractivity contribution is 5.80. The summed E-state index contributed by atoms with van der Waals surface area (Å²) in [5, 5.41) is 3.54. The molecule has 6 heteroatoms. The minimum Gasteiger partial charge on any atom is -0.356 e. The van der Waals surface area contributed by atoms with Crippen LogP contribution in [0.15, 0.2) is 35.6 Å². The number of aliphatic imine (C=N–C) groups is 1. The van der Waals surface area contributed by atoms with Crippen LogP contribution in [0.1, 0.15) is 22.3 Å². The molecular formula is C21H30N6. The lowest BCUT2D eigenvalue weighted by atomic mass is 9.97. The minimum absolute atomic E-state index is 0.811. The molecule has 1 aliphatic heterocycles. The molecule has 0 spiro atoms. The van der Waals surface area contributed by atoms with Gasteiger partial charge in [-0.1, -0.05) is 17.7 Å². The fraction of sp³-hybridized carbons (Fsp3) is 0.476. The maximum atomic E-state index is 4.48. The first-order valence-corrected chi connectivity index (χ1v) is 9.63. The van der Waals surface area contributed by atoms with Crippen LogP contribution in [0.2, 0.25) is 0 Å². The molecule has 0 bridgehead atoms. The normalized spacial score (nSPS) is 15.2. The van der Waals surface area contributed by atoms with Gasteiger partial charge in [-0.15, -0.1) is 0 Å². The molecule has 27 heavy (non-hydrogen) atoms. The highest BCUT2D eigenvalue weighted by Crippen LogP contribution is 2.16. The summed E-state index contributed by atoms with van der Waals surface area (Å²) < 4.78 is 0. The minimum atomic E-state index is 0.811. The molecule has 1 aliphatic rings. The van der Waals surface area contributed by atoms with Gasteiger partial charge >= 0.3 is 0 Å². The number of rotatable bonds is 4. The Balaban J connectivity index is 1.52. The molecule has 0 atom stereocenters. The number of hydrogen-bond donors (Lipinski definition) is 1. The van der Waals surface area contributed by atoms with Crippen LogP contribution in [-0.2, 0) is 6.42 Å². The summed E-state index contributed by atoms with van der Waals surface area (Å²) in [6, 6.07) is 6.38. The third kappa shape index (κ3) is 4.76. The highest BCUT2D eigenvalue weighted by Gasteiger charge is 2.21. The van der Waals surface area contributed by atoms with Crippen molar-refractivity contribution in [3.63, 3.8) is 0 Å². The molecule has 1 fully saturated rings. The summed E-state index contributed by atoms with van der Waals surface area (Å²) in [6.45, 7) is 11.1. The van der Waals surface area contributed by atoms with Gasteiger partial charge in [0.1, 0.15) is 0 Å². The largest absolute Gasteiger partial charge is 0.356 e. The number of aromatic nitrogens is 2. The van der Waals surface area contributed by atoms with Crippen LogP contribution in [0.25, 0.3) is 0 Å². The van der Waals surface area contributed by atoms with E-state index in [1.807, 2.05) is 13.1 Å². The van der Waals surface area contributed by atoms with Gasteiger partial charge in [0.15, 0.2) is 5.96 Å². The monoisotopic (exact) mass is 366 g/mol. The van der Waals surface area contributed by atoms with Crippen molar-refractivity contribution in [3.8, 4) is 0 Å². The van der Waals surface area contributed by atoms with Gasteiger partial charge in [-0.3, -0.25) is 4.99 Å². The van der Waals surface area contributed by atoms with Crippen molar-refractivity contribution in [2.24, 2.45) is 4.99 Å². The number of hydrogen-bond acceptors (Lipinski definition) is 4. The lowest BCUT2D eigenvalue weighted by Crippen LogP contribution is -2.53. The predicted octanol–water partition coefficient (Wildman–Crippen LogP) is 2.34. The number of aryl methyl sites for hydroxylation is 3. The molecule has 0 saturated carbocycles. The van der Waals surface area contributed by atoms with Gasteiger partial charge in [0.2, 0.25) is 5.95 Å². The highest BCUT2D eigenvalue weighted by atomic mass is 15.4. The van der Waals surface area contributed by atoms with Crippen LogP contribution < -0.4 is 10.2 Å². The summed E-state index contributed by atoms with van der Waals surface area (Å²) >= 11 is 0. The molecule has 1 aromatic carbocycles. The predicted molar refractivity (Wildman–Crippen MR) is 112 cm³/mol. The van der Waals surface area contributed by atoms with Crippen LogP contribution in [0.3, 0.4) is 0 Å². The molecule has 0 amide bonds. The zero-order valence-electron chi connectivity index (χ0n) is 16.9. The molecule has 2 aromatic rings. The second-order valence-corrected chi connectivity index (χ2v) is 7.12. The van der Waals surface area contributed by atoms with Gasteiger partial charge < -0.3 is 15.1 Å². The van der Waals surface area contributed by atoms with E-state index >= 15 is 0 Å². The molecule has 1 saturated heterocycles. The van der Waals surface area contributed by atoms with Gasteiger partial charge in [0.25, 0.3) is 0 Å². The Morgan fingerprint density at radius 2 is 1.67 bits per heavy atom. The Bertz CT molecular complexity index is 756. The number of anilines is 1. The summed E-state index contributed by atoms with van der Waals surface area (Å²) in [5.74, 6) is 1.79. The molecule has 1 N–H and O–H groups in total. The fourth-order valence-electron chi connectivity index (χ4n) is 3.81. The van der Waals surface area contributed by atoms with Gasteiger partial charge in [0.05, 0.1) is 0 Å². The van der Waals surface area contributed by atoms with Crippen molar-refractivity contribution in [2.75, 3.05) is 44.7 Å². The van der Waals surface area contributed by atoms with E-state index < -0.39 is 0 Å². The Hall–Kier alpha value is -2.63. The molecule has 2 heterocycles. The summed E-state index contributed by atoms with van der Waals surface area (Å²) in [5.41, 5.74) is 5.52. The molecule has 6 nitrogen and oxygen atoms in total. The summed E-state index contributed by atoms with van der Waals surface area (Å²) in [6.07, 6.45) is 4.60. The third-order valence-corrected chi connectivity index (χ3v) is 5.12. The van der Waals surface area contributed by atoms with Crippen LogP contribution in [-0.4, -0.2) is 60.6 Å². The SMILES string of the molecule is CN=C(NCCc1c(C)cc(C)cc1C)N1CCN(c2ncccn2)CC1. The van der Waals surface area contributed by atoms with Crippen LogP contribution in [0.4, 0.5) is 5.95 Å². The maximum Gasteiger partial charge on any atom is 0.225 e. The van der Waals surface area contributed by atoms with Crippen molar-refractivity contribution >= 4 is 11.9 Å². The van der Waals surface area contributed by atoms with Crippen LogP contribution >= 0.6 is 0 Å². The molecule has 3 rings (SSSR count). The van der Waals surface area contributed by atoms with Crippen LogP contribution in [0.5, 0.6) is 0 Å². The first kappa shape index (κ1) is 19.1. The van der Waals surface area contributed by atoms with E-state index in [-0.39, 0.29) is 0 Å². The zero-order chi connectivity index (χ0) is 19.2. The topological polar surface area (TPSA) is 56.7 Å². The molecule has 144 valence electrons. The first-order valence-electron chi connectivity index (χ1n) is 9.63. The standard InChI is InChI=1S/C21H30N6/c1-16-14-17(2)19(18(3)15-16)6-9-25-20(22-4)26-10-12-27(13-11-26)21-23-7-5-8-24-21/h5,7-8,14-15H,6,9-13H2,1-4H3,(H,22,25). The zero-order valence-corrected chi connectivity index (χ0v) is 16.9. The molecule has 1 aromatic heterocycles. The smallest absolute Gasteiger partial charge is 0.225 e. The first-order chi connectivity index (χ1) is 13.1.